The number of ether oxygens (including phenoxy) is 1. The monoisotopic (exact) mass is 471 g/mol. The largest absolute Gasteiger partial charge is 0.487 e. The summed E-state index contributed by atoms with van der Waals surface area (Å²) >= 11 is 1.35. The number of benzene rings is 1. The molecule has 3 N–H and O–H groups in total. The van der Waals surface area contributed by atoms with Crippen molar-refractivity contribution in [3.8, 4) is 5.75 Å². The van der Waals surface area contributed by atoms with Gasteiger partial charge in [0.25, 0.3) is 5.91 Å². The molecule has 4 rings (SSSR count). The van der Waals surface area contributed by atoms with E-state index in [1.807, 2.05) is 6.92 Å². The van der Waals surface area contributed by atoms with Crippen molar-refractivity contribution in [2.45, 2.75) is 46.1 Å². The lowest BCUT2D eigenvalue weighted by Crippen LogP contribution is -2.37. The van der Waals surface area contributed by atoms with Crippen LogP contribution in [0.2, 0.25) is 0 Å². The molecule has 0 aliphatic carbocycles. The summed E-state index contributed by atoms with van der Waals surface area (Å²) in [7, 11) is 0. The number of nitrogens with one attached hydrogen (secondary N) is 3. The van der Waals surface area contributed by atoms with E-state index in [-0.39, 0.29) is 17.8 Å². The van der Waals surface area contributed by atoms with Crippen molar-refractivity contribution in [2.24, 2.45) is 5.92 Å². The number of rotatable bonds is 8. The highest BCUT2D eigenvalue weighted by atomic mass is 32.1. The van der Waals surface area contributed by atoms with Gasteiger partial charge < -0.3 is 20.7 Å². The third kappa shape index (κ3) is 5.42. The predicted molar refractivity (Wildman–Crippen MR) is 130 cm³/mol. The van der Waals surface area contributed by atoms with Crippen molar-refractivity contribution in [1.82, 2.24) is 20.6 Å². The Morgan fingerprint density at radius 2 is 2.24 bits per heavy atom. The predicted octanol–water partition coefficient (Wildman–Crippen LogP) is 4.79. The van der Waals surface area contributed by atoms with Crippen molar-refractivity contribution >= 4 is 39.0 Å². The molecule has 0 radical (unpaired) electrons. The van der Waals surface area contributed by atoms with Gasteiger partial charge in [-0.15, -0.1) is 11.3 Å². The van der Waals surface area contributed by atoms with E-state index in [4.69, 9.17) is 4.74 Å². The number of hydrogen-bond donors (Lipinski definition) is 3. The molecule has 33 heavy (non-hydrogen) atoms. The number of thiophene rings is 1. The summed E-state index contributed by atoms with van der Waals surface area (Å²) in [6.07, 6.45) is 4.39. The smallest absolute Gasteiger partial charge is 0.261 e. The van der Waals surface area contributed by atoms with Crippen LogP contribution in [0.5, 0.6) is 5.75 Å². The minimum atomic E-state index is -0.362. The number of aryl methyl sites for hydroxylation is 1. The molecule has 0 bridgehead atoms. The highest BCUT2D eigenvalue weighted by Gasteiger charge is 2.21. The highest BCUT2D eigenvalue weighted by molar-refractivity contribution is 7.20. The first-order valence-corrected chi connectivity index (χ1v) is 12.2. The fourth-order valence-electron chi connectivity index (χ4n) is 3.80. The lowest BCUT2D eigenvalue weighted by atomic mass is 10.1. The number of halogens is 1. The van der Waals surface area contributed by atoms with Gasteiger partial charge >= 0.3 is 0 Å². The van der Waals surface area contributed by atoms with Gasteiger partial charge in [0, 0.05) is 19.2 Å². The van der Waals surface area contributed by atoms with Crippen molar-refractivity contribution in [3.05, 3.63) is 40.8 Å². The number of hydrogen-bond acceptors (Lipinski definition) is 7. The normalized spacial score (nSPS) is 17.0. The van der Waals surface area contributed by atoms with E-state index in [9.17, 15) is 9.18 Å². The van der Waals surface area contributed by atoms with Crippen molar-refractivity contribution in [3.63, 3.8) is 0 Å². The second-order valence-corrected chi connectivity index (χ2v) is 9.53. The molecule has 1 aliphatic rings. The molecule has 1 amide bonds. The maximum atomic E-state index is 14.0. The maximum Gasteiger partial charge on any atom is 0.261 e. The van der Waals surface area contributed by atoms with Crippen LogP contribution in [0.25, 0.3) is 10.2 Å². The average Bonchev–Trinajstić information content (AvgIpc) is 3.17. The van der Waals surface area contributed by atoms with E-state index < -0.39 is 0 Å². The molecule has 0 spiro atoms. The van der Waals surface area contributed by atoms with Crippen LogP contribution in [0, 0.1) is 18.7 Å². The molecule has 3 heterocycles. The Hall–Kier alpha value is -2.78. The standard InChI is InChI=1S/C24H30FN5O2S/c1-4-14(2)11-27-23(31)21-15(3)20-22(28-13-29-24(20)33-21)30-18-8-7-16(25)10-19(18)32-17-6-5-9-26-12-17/h7-8,10,13-14,17,26H,4-6,9,11-12H2,1-3H3,(H,27,31)(H,28,29,30). The van der Waals surface area contributed by atoms with E-state index in [0.717, 1.165) is 48.1 Å². The van der Waals surface area contributed by atoms with E-state index in [1.54, 1.807) is 6.07 Å². The number of carbonyl (C=O) groups is 1. The van der Waals surface area contributed by atoms with E-state index in [1.165, 1.54) is 29.8 Å². The first-order chi connectivity index (χ1) is 16.0. The van der Waals surface area contributed by atoms with Crippen LogP contribution < -0.4 is 20.7 Å². The Morgan fingerprint density at radius 1 is 1.39 bits per heavy atom. The summed E-state index contributed by atoms with van der Waals surface area (Å²) in [4.78, 5) is 23.0. The molecule has 9 heteroatoms. The first kappa shape index (κ1) is 23.4. The van der Waals surface area contributed by atoms with E-state index >= 15 is 0 Å². The minimum absolute atomic E-state index is 0.0183. The number of anilines is 2. The molecule has 1 aliphatic heterocycles. The van der Waals surface area contributed by atoms with Crippen molar-refractivity contribution < 1.29 is 13.9 Å². The zero-order chi connectivity index (χ0) is 23.4. The Kier molecular flexibility index (Phi) is 7.39. The Bertz CT molecular complexity index is 1130. The van der Waals surface area contributed by atoms with Gasteiger partial charge in [-0.3, -0.25) is 4.79 Å². The molecule has 7 nitrogen and oxygen atoms in total. The lowest BCUT2D eigenvalue weighted by molar-refractivity contribution is 0.0951. The Morgan fingerprint density at radius 3 is 3.00 bits per heavy atom. The van der Waals surface area contributed by atoms with Gasteiger partial charge in [0.15, 0.2) is 0 Å². The minimum Gasteiger partial charge on any atom is -0.487 e. The highest BCUT2D eigenvalue weighted by Crippen LogP contribution is 2.37. The molecule has 176 valence electrons. The number of carbonyl (C=O) groups excluding carboxylic acids is 1. The molecule has 0 saturated carbocycles. The van der Waals surface area contributed by atoms with Gasteiger partial charge in [-0.05, 0) is 49.9 Å². The van der Waals surface area contributed by atoms with Crippen molar-refractivity contribution in [2.75, 3.05) is 25.0 Å². The molecular weight excluding hydrogens is 441 g/mol. The zero-order valence-corrected chi connectivity index (χ0v) is 20.0. The first-order valence-electron chi connectivity index (χ1n) is 11.4. The van der Waals surface area contributed by atoms with Crippen LogP contribution >= 0.6 is 11.3 Å². The molecule has 3 aromatic rings. The summed E-state index contributed by atoms with van der Waals surface area (Å²) in [5.41, 5.74) is 1.44. The fourth-order valence-corrected chi connectivity index (χ4v) is 4.86. The van der Waals surface area contributed by atoms with E-state index in [2.05, 4.69) is 39.8 Å². The molecule has 1 fully saturated rings. The Balaban J connectivity index is 1.62. The number of amides is 1. The number of fused-ring (bicyclic) bond motifs is 1. The van der Waals surface area contributed by atoms with Gasteiger partial charge in [0.2, 0.25) is 0 Å². The van der Waals surface area contributed by atoms with Crippen LogP contribution in [0.4, 0.5) is 15.9 Å². The van der Waals surface area contributed by atoms with Crippen molar-refractivity contribution in [1.29, 1.82) is 0 Å². The van der Waals surface area contributed by atoms with Crippen LogP contribution in [0.15, 0.2) is 24.5 Å². The summed E-state index contributed by atoms with van der Waals surface area (Å²) < 4.78 is 20.1. The average molecular weight is 472 g/mol. The maximum absolute atomic E-state index is 14.0. The van der Waals surface area contributed by atoms with Crippen LogP contribution in [-0.2, 0) is 0 Å². The van der Waals surface area contributed by atoms with Gasteiger partial charge in [-0.2, -0.15) is 0 Å². The quantitative estimate of drug-likeness (QED) is 0.438. The SMILES string of the molecule is CCC(C)CNC(=O)c1sc2ncnc(Nc3ccc(F)cc3OC3CCCNC3)c2c1C. The Labute approximate surface area is 197 Å². The van der Waals surface area contributed by atoms with Gasteiger partial charge in [-0.25, -0.2) is 14.4 Å². The number of nitrogens with zero attached hydrogens (tertiary/aromatic N) is 2. The number of aromatic nitrogens is 2. The summed E-state index contributed by atoms with van der Waals surface area (Å²) in [6, 6.07) is 4.43. The topological polar surface area (TPSA) is 88.2 Å². The zero-order valence-electron chi connectivity index (χ0n) is 19.2. The second-order valence-electron chi connectivity index (χ2n) is 8.53. The van der Waals surface area contributed by atoms with Gasteiger partial charge in [-0.1, -0.05) is 20.3 Å². The third-order valence-electron chi connectivity index (χ3n) is 5.98. The molecule has 1 aromatic carbocycles. The summed E-state index contributed by atoms with van der Waals surface area (Å²) in [5, 5.41) is 10.4. The van der Waals surface area contributed by atoms with Crippen LogP contribution in [-0.4, -0.2) is 41.6 Å². The summed E-state index contributed by atoms with van der Waals surface area (Å²) in [5.74, 6) is 0.955. The summed E-state index contributed by atoms with van der Waals surface area (Å²) in [6.45, 7) is 8.45. The van der Waals surface area contributed by atoms with Crippen LogP contribution in [0.1, 0.15) is 48.3 Å². The molecule has 2 aromatic heterocycles. The molecule has 2 unspecified atom stereocenters. The lowest BCUT2D eigenvalue weighted by Gasteiger charge is -2.25. The number of piperidine rings is 1. The van der Waals surface area contributed by atoms with Crippen LogP contribution in [0.3, 0.4) is 0 Å². The second kappa shape index (κ2) is 10.4. The third-order valence-corrected chi connectivity index (χ3v) is 7.18. The fraction of sp³-hybridized carbons (Fsp3) is 0.458. The molecule has 2 atom stereocenters. The molecular formula is C24H30FN5O2S. The van der Waals surface area contributed by atoms with Gasteiger partial charge in [0.05, 0.1) is 16.0 Å². The van der Waals surface area contributed by atoms with Gasteiger partial charge in [0.1, 0.15) is 34.6 Å². The van der Waals surface area contributed by atoms with E-state index in [0.29, 0.717) is 34.6 Å². The molecule has 1 saturated heterocycles.